The Morgan fingerprint density at radius 2 is 2.41 bits per heavy atom. The number of rotatable bonds is 2. The van der Waals surface area contributed by atoms with E-state index in [0.29, 0.717) is 17.5 Å². The molecule has 0 saturated carbocycles. The van der Waals surface area contributed by atoms with Gasteiger partial charge in [-0.3, -0.25) is 0 Å². The van der Waals surface area contributed by atoms with Gasteiger partial charge in [-0.25, -0.2) is 0 Å². The first-order valence-electron chi connectivity index (χ1n) is 5.59. The van der Waals surface area contributed by atoms with E-state index in [9.17, 15) is 0 Å². The number of thiophene rings is 1. The third-order valence-electron chi connectivity index (χ3n) is 2.89. The minimum atomic E-state index is 0.251. The van der Waals surface area contributed by atoms with Gasteiger partial charge in [0.25, 0.3) is 5.89 Å². The van der Waals surface area contributed by atoms with Gasteiger partial charge in [-0.1, -0.05) is 5.16 Å². The van der Waals surface area contributed by atoms with E-state index in [4.69, 9.17) is 15.0 Å². The van der Waals surface area contributed by atoms with Crippen LogP contribution in [-0.2, 0) is 4.74 Å². The van der Waals surface area contributed by atoms with Gasteiger partial charge in [-0.2, -0.15) is 4.98 Å². The van der Waals surface area contributed by atoms with Crippen LogP contribution in [0.5, 0.6) is 0 Å². The van der Waals surface area contributed by atoms with Gasteiger partial charge >= 0.3 is 0 Å². The Bertz CT molecular complexity index is 502. The van der Waals surface area contributed by atoms with Gasteiger partial charge in [0.15, 0.2) is 5.82 Å². The summed E-state index contributed by atoms with van der Waals surface area (Å²) in [6.45, 7) is 1.51. The predicted octanol–water partition coefficient (Wildman–Crippen LogP) is 2.27. The summed E-state index contributed by atoms with van der Waals surface area (Å²) in [6, 6.07) is 1.90. The van der Waals surface area contributed by atoms with Crippen LogP contribution in [0.25, 0.3) is 11.5 Å². The van der Waals surface area contributed by atoms with Crippen molar-refractivity contribution in [2.75, 3.05) is 18.9 Å². The SMILES string of the molecule is Nc1sccc1-c1nc(C2CCCOC2)no1. The molecule has 0 spiro atoms. The van der Waals surface area contributed by atoms with E-state index in [1.165, 1.54) is 11.3 Å². The largest absolute Gasteiger partial charge is 0.390 e. The van der Waals surface area contributed by atoms with Crippen molar-refractivity contribution in [3.05, 3.63) is 17.3 Å². The molecular formula is C11H13N3O2S. The van der Waals surface area contributed by atoms with E-state index in [-0.39, 0.29) is 5.92 Å². The Kier molecular flexibility index (Phi) is 2.82. The van der Waals surface area contributed by atoms with Crippen LogP contribution in [0.2, 0.25) is 0 Å². The van der Waals surface area contributed by atoms with Crippen molar-refractivity contribution in [2.45, 2.75) is 18.8 Å². The number of ether oxygens (including phenoxy) is 1. The number of hydrogen-bond donors (Lipinski definition) is 1. The molecule has 1 aliphatic rings. The normalized spacial score (nSPS) is 20.6. The van der Waals surface area contributed by atoms with Crippen molar-refractivity contribution < 1.29 is 9.26 Å². The van der Waals surface area contributed by atoms with E-state index in [1.807, 2.05) is 11.4 Å². The second-order valence-corrected chi connectivity index (χ2v) is 5.02. The standard InChI is InChI=1S/C11H13N3O2S/c12-9-8(3-5-17-9)11-13-10(14-16-11)7-2-1-4-15-6-7/h3,5,7H,1-2,4,6,12H2. The fourth-order valence-electron chi connectivity index (χ4n) is 1.95. The Balaban J connectivity index is 1.85. The Hall–Kier alpha value is -1.40. The van der Waals surface area contributed by atoms with E-state index < -0.39 is 0 Å². The van der Waals surface area contributed by atoms with Gasteiger partial charge in [0.05, 0.1) is 17.2 Å². The third-order valence-corrected chi connectivity index (χ3v) is 3.64. The van der Waals surface area contributed by atoms with E-state index in [2.05, 4.69) is 10.1 Å². The first-order chi connectivity index (χ1) is 8.34. The first-order valence-corrected chi connectivity index (χ1v) is 6.47. The van der Waals surface area contributed by atoms with E-state index >= 15 is 0 Å². The van der Waals surface area contributed by atoms with Crippen molar-refractivity contribution in [3.8, 4) is 11.5 Å². The highest BCUT2D eigenvalue weighted by atomic mass is 32.1. The second kappa shape index (κ2) is 4.46. The van der Waals surface area contributed by atoms with Crippen LogP contribution >= 0.6 is 11.3 Å². The topological polar surface area (TPSA) is 74.2 Å². The fourth-order valence-corrected chi connectivity index (χ4v) is 2.59. The average molecular weight is 251 g/mol. The zero-order chi connectivity index (χ0) is 11.7. The molecule has 0 bridgehead atoms. The minimum absolute atomic E-state index is 0.251. The number of nitrogens with two attached hydrogens (primary N) is 1. The fraction of sp³-hybridized carbons (Fsp3) is 0.455. The number of nitrogen functional groups attached to an aromatic ring is 1. The number of nitrogens with zero attached hydrogens (tertiary/aromatic N) is 2. The van der Waals surface area contributed by atoms with Crippen molar-refractivity contribution >= 4 is 16.3 Å². The highest BCUT2D eigenvalue weighted by Gasteiger charge is 2.22. The quantitative estimate of drug-likeness (QED) is 0.886. The molecule has 5 nitrogen and oxygen atoms in total. The molecule has 1 unspecified atom stereocenters. The van der Waals surface area contributed by atoms with Crippen LogP contribution in [0.3, 0.4) is 0 Å². The summed E-state index contributed by atoms with van der Waals surface area (Å²) in [7, 11) is 0. The molecule has 6 heteroatoms. The summed E-state index contributed by atoms with van der Waals surface area (Å²) in [4.78, 5) is 4.41. The first kappa shape index (κ1) is 10.7. The third kappa shape index (κ3) is 2.05. The molecule has 0 radical (unpaired) electrons. The van der Waals surface area contributed by atoms with E-state index in [0.717, 1.165) is 30.8 Å². The summed E-state index contributed by atoms with van der Waals surface area (Å²) in [5, 5.41) is 6.64. The minimum Gasteiger partial charge on any atom is -0.390 e. The van der Waals surface area contributed by atoms with Gasteiger partial charge in [0, 0.05) is 12.5 Å². The molecule has 0 aliphatic carbocycles. The van der Waals surface area contributed by atoms with E-state index in [1.54, 1.807) is 0 Å². The molecule has 1 aliphatic heterocycles. The lowest BCUT2D eigenvalue weighted by atomic mass is 10.0. The van der Waals surface area contributed by atoms with Crippen molar-refractivity contribution in [1.82, 2.24) is 10.1 Å². The molecule has 2 aromatic heterocycles. The Morgan fingerprint density at radius 1 is 1.47 bits per heavy atom. The summed E-state index contributed by atoms with van der Waals surface area (Å²) in [6.07, 6.45) is 2.10. The molecule has 1 saturated heterocycles. The molecule has 3 heterocycles. The second-order valence-electron chi connectivity index (χ2n) is 4.07. The lowest BCUT2D eigenvalue weighted by molar-refractivity contribution is 0.0773. The number of aromatic nitrogens is 2. The van der Waals surface area contributed by atoms with Gasteiger partial charge < -0.3 is 15.0 Å². The molecule has 2 N–H and O–H groups in total. The molecule has 17 heavy (non-hydrogen) atoms. The van der Waals surface area contributed by atoms with Crippen LogP contribution in [0.1, 0.15) is 24.6 Å². The average Bonchev–Trinajstić information content (AvgIpc) is 2.98. The summed E-state index contributed by atoms with van der Waals surface area (Å²) in [5.41, 5.74) is 6.65. The van der Waals surface area contributed by atoms with Gasteiger partial charge in [0.1, 0.15) is 0 Å². The molecule has 1 fully saturated rings. The van der Waals surface area contributed by atoms with Gasteiger partial charge in [0.2, 0.25) is 0 Å². The summed E-state index contributed by atoms with van der Waals surface area (Å²) < 4.78 is 10.7. The van der Waals surface area contributed by atoms with Crippen LogP contribution in [0.4, 0.5) is 5.00 Å². The summed E-state index contributed by atoms with van der Waals surface area (Å²) >= 11 is 1.47. The van der Waals surface area contributed by atoms with Crippen molar-refractivity contribution in [2.24, 2.45) is 0 Å². The van der Waals surface area contributed by atoms with Crippen LogP contribution in [0, 0.1) is 0 Å². The highest BCUT2D eigenvalue weighted by Crippen LogP contribution is 2.31. The molecule has 3 rings (SSSR count). The zero-order valence-corrected chi connectivity index (χ0v) is 10.1. The lowest BCUT2D eigenvalue weighted by Gasteiger charge is -2.18. The maximum atomic E-state index is 5.83. The highest BCUT2D eigenvalue weighted by molar-refractivity contribution is 7.14. The number of anilines is 1. The van der Waals surface area contributed by atoms with Gasteiger partial charge in [-0.15, -0.1) is 11.3 Å². The van der Waals surface area contributed by atoms with Crippen LogP contribution in [0.15, 0.2) is 16.0 Å². The molecule has 0 aromatic carbocycles. The van der Waals surface area contributed by atoms with Gasteiger partial charge in [-0.05, 0) is 24.3 Å². The van der Waals surface area contributed by atoms with Crippen molar-refractivity contribution in [3.63, 3.8) is 0 Å². The Morgan fingerprint density at radius 3 is 3.12 bits per heavy atom. The molecule has 0 amide bonds. The smallest absolute Gasteiger partial charge is 0.260 e. The molecule has 90 valence electrons. The maximum absolute atomic E-state index is 5.83. The molecule has 1 atom stereocenters. The predicted molar refractivity (Wildman–Crippen MR) is 64.8 cm³/mol. The number of hydrogen-bond acceptors (Lipinski definition) is 6. The van der Waals surface area contributed by atoms with Crippen LogP contribution in [-0.4, -0.2) is 23.4 Å². The summed E-state index contributed by atoms with van der Waals surface area (Å²) in [5.74, 6) is 1.48. The molecule has 2 aromatic rings. The Labute approximate surface area is 103 Å². The van der Waals surface area contributed by atoms with Crippen LogP contribution < -0.4 is 5.73 Å². The maximum Gasteiger partial charge on any atom is 0.260 e. The van der Waals surface area contributed by atoms with Crippen molar-refractivity contribution in [1.29, 1.82) is 0 Å². The lowest BCUT2D eigenvalue weighted by Crippen LogP contribution is -2.16. The zero-order valence-electron chi connectivity index (χ0n) is 9.26. The molecular weight excluding hydrogens is 238 g/mol. The monoisotopic (exact) mass is 251 g/mol.